The van der Waals surface area contributed by atoms with Crippen LogP contribution in [0.5, 0.6) is 17.2 Å². The average Bonchev–Trinajstić information content (AvgIpc) is 3.56. The maximum atomic E-state index is 12.4. The zero-order valence-corrected chi connectivity index (χ0v) is 21.2. The smallest absolute Gasteiger partial charge is 0.244 e. The van der Waals surface area contributed by atoms with Crippen LogP contribution in [0.4, 0.5) is 5.82 Å². The summed E-state index contributed by atoms with van der Waals surface area (Å²) >= 11 is 1.51. The Labute approximate surface area is 208 Å². The minimum Gasteiger partial charge on any atom is -0.493 e. The van der Waals surface area contributed by atoms with E-state index < -0.39 is 0 Å². The van der Waals surface area contributed by atoms with Crippen molar-refractivity contribution in [2.45, 2.75) is 24.5 Å². The second-order valence-corrected chi connectivity index (χ2v) is 8.69. The lowest BCUT2D eigenvalue weighted by Crippen LogP contribution is -2.26. The van der Waals surface area contributed by atoms with Crippen LogP contribution in [-0.4, -0.2) is 72.9 Å². The zero-order valence-electron chi connectivity index (χ0n) is 20.4. The summed E-state index contributed by atoms with van der Waals surface area (Å²) in [5.41, 5.74) is 1.54. The van der Waals surface area contributed by atoms with Crippen LogP contribution in [0.1, 0.15) is 18.4 Å². The Bertz CT molecular complexity index is 1200. The molecule has 3 aromatic rings. The predicted molar refractivity (Wildman–Crippen MR) is 137 cm³/mol. The molecule has 11 heteroatoms. The molecule has 35 heavy (non-hydrogen) atoms. The molecule has 1 aliphatic heterocycles. The SMILES string of the molecule is COc1cc(C=CC(=O)NCCn2ncc3c(N4CCCC4)nc(SC)nc32)cc(OC)c1OC. The van der Waals surface area contributed by atoms with Crippen LogP contribution in [0.3, 0.4) is 0 Å². The lowest BCUT2D eigenvalue weighted by atomic mass is 10.1. The summed E-state index contributed by atoms with van der Waals surface area (Å²) in [5, 5.41) is 9.08. The van der Waals surface area contributed by atoms with Gasteiger partial charge in [-0.2, -0.15) is 5.10 Å². The molecule has 1 aliphatic rings. The molecule has 0 atom stereocenters. The Morgan fingerprint density at radius 3 is 2.46 bits per heavy atom. The number of amides is 1. The van der Waals surface area contributed by atoms with Crippen LogP contribution in [0.2, 0.25) is 0 Å². The summed E-state index contributed by atoms with van der Waals surface area (Å²) < 4.78 is 17.9. The quantitative estimate of drug-likeness (QED) is 0.257. The van der Waals surface area contributed by atoms with Gasteiger partial charge in [0.2, 0.25) is 11.7 Å². The van der Waals surface area contributed by atoms with E-state index in [1.165, 1.54) is 30.7 Å². The van der Waals surface area contributed by atoms with E-state index in [-0.39, 0.29) is 5.91 Å². The molecule has 4 rings (SSSR count). The van der Waals surface area contributed by atoms with Crippen LogP contribution in [0.25, 0.3) is 17.1 Å². The second-order valence-electron chi connectivity index (χ2n) is 7.92. The molecule has 1 fully saturated rings. The Hall–Kier alpha value is -3.47. The summed E-state index contributed by atoms with van der Waals surface area (Å²) in [6, 6.07) is 3.56. The largest absolute Gasteiger partial charge is 0.493 e. The fraction of sp³-hybridized carbons (Fsp3) is 0.417. The summed E-state index contributed by atoms with van der Waals surface area (Å²) in [5.74, 6) is 2.28. The van der Waals surface area contributed by atoms with Gasteiger partial charge < -0.3 is 24.4 Å². The van der Waals surface area contributed by atoms with E-state index in [1.54, 1.807) is 39.5 Å². The van der Waals surface area contributed by atoms with E-state index in [1.807, 2.05) is 17.1 Å². The van der Waals surface area contributed by atoms with Crippen LogP contribution < -0.4 is 24.4 Å². The molecule has 2 aromatic heterocycles. The van der Waals surface area contributed by atoms with Gasteiger partial charge in [-0.1, -0.05) is 11.8 Å². The third-order valence-corrected chi connectivity index (χ3v) is 6.33. The molecule has 1 amide bonds. The first-order chi connectivity index (χ1) is 17.1. The molecule has 186 valence electrons. The molecule has 0 saturated carbocycles. The number of fused-ring (bicyclic) bond motifs is 1. The number of hydrogen-bond donors (Lipinski definition) is 1. The molecule has 0 aliphatic carbocycles. The van der Waals surface area contributed by atoms with Crippen LogP contribution in [0, 0.1) is 0 Å². The number of aromatic nitrogens is 4. The van der Waals surface area contributed by atoms with Gasteiger partial charge in [-0.15, -0.1) is 0 Å². The van der Waals surface area contributed by atoms with Gasteiger partial charge in [-0.05, 0) is 42.9 Å². The molecular formula is C24H30N6O4S. The first kappa shape index (κ1) is 24.6. The van der Waals surface area contributed by atoms with E-state index in [2.05, 4.69) is 20.3 Å². The van der Waals surface area contributed by atoms with Crippen LogP contribution in [0.15, 0.2) is 29.6 Å². The van der Waals surface area contributed by atoms with Crippen molar-refractivity contribution in [1.29, 1.82) is 0 Å². The van der Waals surface area contributed by atoms with Gasteiger partial charge in [0.25, 0.3) is 0 Å². The average molecular weight is 499 g/mol. The van der Waals surface area contributed by atoms with Gasteiger partial charge in [-0.3, -0.25) is 4.79 Å². The highest BCUT2D eigenvalue weighted by molar-refractivity contribution is 7.98. The number of carbonyl (C=O) groups excluding carboxylic acids is 1. The van der Waals surface area contributed by atoms with Crippen molar-refractivity contribution in [3.05, 3.63) is 30.0 Å². The van der Waals surface area contributed by atoms with Gasteiger partial charge in [0, 0.05) is 25.7 Å². The van der Waals surface area contributed by atoms with Crippen molar-refractivity contribution < 1.29 is 19.0 Å². The maximum absolute atomic E-state index is 12.4. The van der Waals surface area contributed by atoms with Crippen molar-refractivity contribution in [3.63, 3.8) is 0 Å². The van der Waals surface area contributed by atoms with E-state index in [0.29, 0.717) is 30.3 Å². The topological polar surface area (TPSA) is 104 Å². The van der Waals surface area contributed by atoms with Crippen molar-refractivity contribution in [1.82, 2.24) is 25.1 Å². The van der Waals surface area contributed by atoms with E-state index in [9.17, 15) is 4.79 Å². The predicted octanol–water partition coefficient (Wildman–Crippen LogP) is 3.00. The molecule has 10 nitrogen and oxygen atoms in total. The molecule has 1 N–H and O–H groups in total. The fourth-order valence-corrected chi connectivity index (χ4v) is 4.41. The third-order valence-electron chi connectivity index (χ3n) is 5.78. The molecule has 3 heterocycles. The number of benzene rings is 1. The zero-order chi connectivity index (χ0) is 24.8. The van der Waals surface area contributed by atoms with Crippen molar-refractivity contribution in [2.24, 2.45) is 0 Å². The first-order valence-corrected chi connectivity index (χ1v) is 12.6. The summed E-state index contributed by atoms with van der Waals surface area (Å²) in [4.78, 5) is 24.1. The van der Waals surface area contributed by atoms with Crippen molar-refractivity contribution >= 4 is 40.6 Å². The number of thioether (sulfide) groups is 1. The highest BCUT2D eigenvalue weighted by atomic mass is 32.2. The number of ether oxygens (including phenoxy) is 3. The van der Waals surface area contributed by atoms with Gasteiger partial charge in [0.05, 0.1) is 39.5 Å². The number of rotatable bonds is 10. The number of nitrogens with zero attached hydrogens (tertiary/aromatic N) is 5. The molecule has 0 unspecified atom stereocenters. The monoisotopic (exact) mass is 498 g/mol. The highest BCUT2D eigenvalue weighted by Gasteiger charge is 2.20. The molecule has 1 saturated heterocycles. The number of methoxy groups -OCH3 is 3. The van der Waals surface area contributed by atoms with Gasteiger partial charge in [0.15, 0.2) is 22.3 Å². The number of hydrogen-bond acceptors (Lipinski definition) is 9. The van der Waals surface area contributed by atoms with E-state index >= 15 is 0 Å². The second kappa shape index (κ2) is 11.3. The summed E-state index contributed by atoms with van der Waals surface area (Å²) in [7, 11) is 4.66. The van der Waals surface area contributed by atoms with Gasteiger partial charge >= 0.3 is 0 Å². The number of nitrogens with one attached hydrogen (secondary N) is 1. The summed E-state index contributed by atoms with van der Waals surface area (Å²) in [6.45, 7) is 2.91. The van der Waals surface area contributed by atoms with Crippen LogP contribution >= 0.6 is 11.8 Å². The normalized spacial score (nSPS) is 13.5. The number of carbonyl (C=O) groups is 1. The van der Waals surface area contributed by atoms with Crippen LogP contribution in [-0.2, 0) is 11.3 Å². The summed E-state index contributed by atoms with van der Waals surface area (Å²) in [6.07, 6.45) is 9.30. The minimum atomic E-state index is -0.215. The standard InChI is InChI=1S/C24H30N6O4S/c1-32-18-13-16(14-19(33-2)21(18)34-3)7-8-20(31)25-9-12-30-23-17(15-26-30)22(27-24(28-23)35-4)29-10-5-6-11-29/h7-8,13-15H,5-6,9-12H2,1-4H3,(H,25,31). The van der Waals surface area contributed by atoms with E-state index in [0.717, 1.165) is 40.7 Å². The number of anilines is 1. The maximum Gasteiger partial charge on any atom is 0.244 e. The Morgan fingerprint density at radius 1 is 1.11 bits per heavy atom. The molecule has 0 radical (unpaired) electrons. The van der Waals surface area contributed by atoms with Gasteiger partial charge in [0.1, 0.15) is 5.82 Å². The molecule has 1 aromatic carbocycles. The van der Waals surface area contributed by atoms with E-state index in [4.69, 9.17) is 19.2 Å². The van der Waals surface area contributed by atoms with Crippen molar-refractivity contribution in [3.8, 4) is 17.2 Å². The molecule has 0 bridgehead atoms. The Kier molecular flexibility index (Phi) is 7.96. The van der Waals surface area contributed by atoms with Crippen molar-refractivity contribution in [2.75, 3.05) is 52.1 Å². The minimum absolute atomic E-state index is 0.215. The highest BCUT2D eigenvalue weighted by Crippen LogP contribution is 2.38. The molecule has 0 spiro atoms. The Morgan fingerprint density at radius 2 is 1.83 bits per heavy atom. The van der Waals surface area contributed by atoms with Gasteiger partial charge in [-0.25, -0.2) is 14.6 Å². The lowest BCUT2D eigenvalue weighted by Gasteiger charge is -2.17. The molecular weight excluding hydrogens is 468 g/mol. The first-order valence-electron chi connectivity index (χ1n) is 11.4. The fourth-order valence-electron chi connectivity index (χ4n) is 4.06. The third kappa shape index (κ3) is 5.45. The Balaban J connectivity index is 1.42. The lowest BCUT2D eigenvalue weighted by molar-refractivity contribution is -0.116.